The van der Waals surface area contributed by atoms with Crippen LogP contribution in [0.4, 0.5) is 0 Å². The minimum atomic E-state index is -1.31. The normalized spacial score (nSPS) is 11.6. The second kappa shape index (κ2) is 5.10. The summed E-state index contributed by atoms with van der Waals surface area (Å²) < 4.78 is 4.41. The number of methoxy groups -OCH3 is 1. The Bertz CT molecular complexity index is 453. The average Bonchev–Trinajstić information content (AvgIpc) is 2.76. The number of esters is 1. The molecule has 0 unspecified atom stereocenters. The van der Waals surface area contributed by atoms with Crippen LogP contribution >= 0.6 is 0 Å². The summed E-state index contributed by atoms with van der Waals surface area (Å²) >= 11 is 0. The number of carboxylic acid groups (broad SMARTS) is 1. The fourth-order valence-electron chi connectivity index (χ4n) is 1.13. The monoisotopic (exact) mass is 241 g/mol. The smallest absolute Gasteiger partial charge is 0.354 e. The van der Waals surface area contributed by atoms with Gasteiger partial charge in [-0.15, -0.1) is 0 Å². The van der Waals surface area contributed by atoms with E-state index in [0.717, 1.165) is 6.33 Å². The standard InChI is InChI=1S/C9H11N3O5/c1-4(9(16)17-2)12-7(13)5-6(8(14)15)11-3-10-5/h3-4H,1-2H3,(H,10,11)(H,12,13)(H,14,15)/t4-/m0/s1. The maximum Gasteiger partial charge on any atom is 0.354 e. The highest BCUT2D eigenvalue weighted by atomic mass is 16.5. The minimum absolute atomic E-state index is 0.284. The molecule has 0 aliphatic heterocycles. The summed E-state index contributed by atoms with van der Waals surface area (Å²) in [4.78, 5) is 39.3. The van der Waals surface area contributed by atoms with Gasteiger partial charge in [0.25, 0.3) is 5.91 Å². The molecule has 1 amide bonds. The molecule has 1 heterocycles. The van der Waals surface area contributed by atoms with Crippen LogP contribution in [-0.4, -0.2) is 46.1 Å². The van der Waals surface area contributed by atoms with Gasteiger partial charge in [-0.1, -0.05) is 0 Å². The number of nitrogens with zero attached hydrogens (tertiary/aromatic N) is 1. The van der Waals surface area contributed by atoms with E-state index in [-0.39, 0.29) is 11.4 Å². The quantitative estimate of drug-likeness (QED) is 0.605. The van der Waals surface area contributed by atoms with Gasteiger partial charge in [-0.2, -0.15) is 0 Å². The SMILES string of the molecule is COC(=O)[C@H](C)NC(=O)c1nc[nH]c1C(=O)O. The molecule has 17 heavy (non-hydrogen) atoms. The maximum absolute atomic E-state index is 11.6. The Morgan fingerprint density at radius 3 is 2.71 bits per heavy atom. The number of ether oxygens (including phenoxy) is 1. The van der Waals surface area contributed by atoms with Crippen molar-refractivity contribution in [2.75, 3.05) is 7.11 Å². The third-order valence-electron chi connectivity index (χ3n) is 1.97. The molecule has 92 valence electrons. The lowest BCUT2D eigenvalue weighted by molar-refractivity contribution is -0.142. The molecule has 0 aliphatic carbocycles. The van der Waals surface area contributed by atoms with E-state index in [4.69, 9.17) is 5.11 Å². The van der Waals surface area contributed by atoms with E-state index >= 15 is 0 Å². The third kappa shape index (κ3) is 2.80. The Balaban J connectivity index is 2.80. The highest BCUT2D eigenvalue weighted by Gasteiger charge is 2.23. The number of aromatic carboxylic acids is 1. The van der Waals surface area contributed by atoms with E-state index in [9.17, 15) is 14.4 Å². The Morgan fingerprint density at radius 1 is 1.53 bits per heavy atom. The van der Waals surface area contributed by atoms with Gasteiger partial charge in [0.1, 0.15) is 6.04 Å². The molecule has 0 spiro atoms. The topological polar surface area (TPSA) is 121 Å². The third-order valence-corrected chi connectivity index (χ3v) is 1.97. The van der Waals surface area contributed by atoms with Crippen molar-refractivity contribution in [1.82, 2.24) is 15.3 Å². The van der Waals surface area contributed by atoms with Gasteiger partial charge in [0, 0.05) is 0 Å². The van der Waals surface area contributed by atoms with Gasteiger partial charge < -0.3 is 20.1 Å². The van der Waals surface area contributed by atoms with E-state index in [1.165, 1.54) is 14.0 Å². The Hall–Kier alpha value is -2.38. The zero-order valence-electron chi connectivity index (χ0n) is 9.18. The summed E-state index contributed by atoms with van der Waals surface area (Å²) in [7, 11) is 1.18. The molecule has 8 nitrogen and oxygen atoms in total. The number of H-pyrrole nitrogens is 1. The number of hydrogen-bond donors (Lipinski definition) is 3. The van der Waals surface area contributed by atoms with Crippen molar-refractivity contribution in [2.24, 2.45) is 0 Å². The molecule has 1 aromatic heterocycles. The van der Waals surface area contributed by atoms with Gasteiger partial charge in [0.15, 0.2) is 11.4 Å². The first-order chi connectivity index (χ1) is 7.97. The lowest BCUT2D eigenvalue weighted by Gasteiger charge is -2.10. The molecule has 3 N–H and O–H groups in total. The molecule has 0 fully saturated rings. The number of amides is 1. The summed E-state index contributed by atoms with van der Waals surface area (Å²) in [5, 5.41) is 11.0. The molecule has 0 aromatic carbocycles. The van der Waals surface area contributed by atoms with Crippen LogP contribution in [0.3, 0.4) is 0 Å². The van der Waals surface area contributed by atoms with Crippen molar-refractivity contribution in [1.29, 1.82) is 0 Å². The number of rotatable bonds is 4. The lowest BCUT2D eigenvalue weighted by atomic mass is 10.2. The van der Waals surface area contributed by atoms with Crippen LogP contribution < -0.4 is 5.32 Å². The minimum Gasteiger partial charge on any atom is -0.477 e. The predicted molar refractivity (Wildman–Crippen MR) is 54.5 cm³/mol. The predicted octanol–water partition coefficient (Wildman–Crippen LogP) is -0.601. The van der Waals surface area contributed by atoms with Crippen LogP contribution in [0.1, 0.15) is 27.9 Å². The van der Waals surface area contributed by atoms with Crippen LogP contribution in [0.15, 0.2) is 6.33 Å². The fraction of sp³-hybridized carbons (Fsp3) is 0.333. The van der Waals surface area contributed by atoms with Crippen molar-refractivity contribution in [3.63, 3.8) is 0 Å². The van der Waals surface area contributed by atoms with Gasteiger partial charge in [0.05, 0.1) is 13.4 Å². The molecule has 0 radical (unpaired) electrons. The summed E-state index contributed by atoms with van der Waals surface area (Å²) in [5.74, 6) is -2.70. The van der Waals surface area contributed by atoms with E-state index in [1.54, 1.807) is 0 Å². The number of hydrogen-bond acceptors (Lipinski definition) is 5. The molecule has 0 saturated heterocycles. The first-order valence-electron chi connectivity index (χ1n) is 4.62. The fourth-order valence-corrected chi connectivity index (χ4v) is 1.13. The second-order valence-corrected chi connectivity index (χ2v) is 3.15. The van der Waals surface area contributed by atoms with Gasteiger partial charge >= 0.3 is 11.9 Å². The summed E-state index contributed by atoms with van der Waals surface area (Å²) in [5.41, 5.74) is -0.618. The number of carbonyl (C=O) groups is 3. The molecule has 0 saturated carbocycles. The van der Waals surface area contributed by atoms with Crippen LogP contribution in [0.25, 0.3) is 0 Å². The summed E-state index contributed by atoms with van der Waals surface area (Å²) in [6.45, 7) is 1.41. The number of imidazole rings is 1. The highest BCUT2D eigenvalue weighted by Crippen LogP contribution is 2.03. The molecule has 0 bridgehead atoms. The van der Waals surface area contributed by atoms with Crippen LogP contribution in [0, 0.1) is 0 Å². The molecule has 0 aliphatic rings. The summed E-state index contributed by atoms with van der Waals surface area (Å²) in [6.07, 6.45) is 1.08. The molecule has 1 rings (SSSR count). The van der Waals surface area contributed by atoms with Gasteiger partial charge in [-0.3, -0.25) is 4.79 Å². The van der Waals surface area contributed by atoms with Crippen LogP contribution in [0.5, 0.6) is 0 Å². The van der Waals surface area contributed by atoms with Gasteiger partial charge in [0.2, 0.25) is 0 Å². The van der Waals surface area contributed by atoms with Crippen LogP contribution in [-0.2, 0) is 9.53 Å². The van der Waals surface area contributed by atoms with Gasteiger partial charge in [-0.05, 0) is 6.92 Å². The molecule has 1 atom stereocenters. The zero-order valence-corrected chi connectivity index (χ0v) is 9.18. The number of nitrogens with one attached hydrogen (secondary N) is 2. The Morgan fingerprint density at radius 2 is 2.18 bits per heavy atom. The van der Waals surface area contributed by atoms with Crippen molar-refractivity contribution < 1.29 is 24.2 Å². The second-order valence-electron chi connectivity index (χ2n) is 3.15. The van der Waals surface area contributed by atoms with Crippen molar-refractivity contribution >= 4 is 17.8 Å². The first kappa shape index (κ1) is 12.7. The Labute approximate surface area is 96.0 Å². The van der Waals surface area contributed by atoms with E-state index in [2.05, 4.69) is 20.0 Å². The maximum atomic E-state index is 11.6. The lowest BCUT2D eigenvalue weighted by Crippen LogP contribution is -2.39. The molecule has 8 heteroatoms. The van der Waals surface area contributed by atoms with E-state index in [0.29, 0.717) is 0 Å². The number of carboxylic acids is 1. The largest absolute Gasteiger partial charge is 0.477 e. The first-order valence-corrected chi connectivity index (χ1v) is 4.62. The Kier molecular flexibility index (Phi) is 3.81. The number of aromatic amines is 1. The van der Waals surface area contributed by atoms with Crippen molar-refractivity contribution in [2.45, 2.75) is 13.0 Å². The summed E-state index contributed by atoms with van der Waals surface area (Å²) in [6, 6.07) is -0.883. The molecule has 1 aromatic rings. The van der Waals surface area contributed by atoms with E-state index < -0.39 is 23.9 Å². The van der Waals surface area contributed by atoms with Crippen LogP contribution in [0.2, 0.25) is 0 Å². The average molecular weight is 241 g/mol. The number of carbonyl (C=O) groups excluding carboxylic acids is 2. The zero-order chi connectivity index (χ0) is 13.0. The number of aromatic nitrogens is 2. The molecular formula is C9H11N3O5. The highest BCUT2D eigenvalue weighted by molar-refractivity contribution is 6.03. The van der Waals surface area contributed by atoms with E-state index in [1.807, 2.05) is 0 Å². The van der Waals surface area contributed by atoms with Crippen molar-refractivity contribution in [3.05, 3.63) is 17.7 Å². The van der Waals surface area contributed by atoms with Gasteiger partial charge in [-0.25, -0.2) is 14.6 Å². The van der Waals surface area contributed by atoms with Crippen molar-refractivity contribution in [3.8, 4) is 0 Å². The molecular weight excluding hydrogens is 230 g/mol.